The van der Waals surface area contributed by atoms with Crippen molar-refractivity contribution in [2.45, 2.75) is 13.3 Å². The van der Waals surface area contributed by atoms with Gasteiger partial charge in [-0.1, -0.05) is 6.92 Å². The van der Waals surface area contributed by atoms with Gasteiger partial charge >= 0.3 is 0 Å². The molecule has 0 aliphatic heterocycles. The predicted octanol–water partition coefficient (Wildman–Crippen LogP) is 3.29. The number of hydrogen-bond acceptors (Lipinski definition) is 0. The molecule has 1 aromatic rings. The van der Waals surface area contributed by atoms with Gasteiger partial charge < -0.3 is 0 Å². The third kappa shape index (κ3) is 1.77. The molecule has 0 aliphatic rings. The minimum Gasteiger partial charge on any atom is -0.206 e. The van der Waals surface area contributed by atoms with Crippen LogP contribution >= 0.6 is 15.9 Å². The quantitative estimate of drug-likeness (QED) is 0.638. The minimum absolute atomic E-state index is 0.0882. The fourth-order valence-electron chi connectivity index (χ4n) is 0.812. The van der Waals surface area contributed by atoms with E-state index < -0.39 is 11.6 Å². The van der Waals surface area contributed by atoms with Crippen molar-refractivity contribution in [3.8, 4) is 0 Å². The SMILES string of the molecule is CCc1cc(F)c(Br)c(F)c1. The number of benzene rings is 1. The average molecular weight is 221 g/mol. The second-order valence-corrected chi connectivity index (χ2v) is 3.02. The van der Waals surface area contributed by atoms with Crippen molar-refractivity contribution < 1.29 is 8.78 Å². The van der Waals surface area contributed by atoms with Crippen LogP contribution in [0.15, 0.2) is 16.6 Å². The molecule has 0 spiro atoms. The first kappa shape index (κ1) is 8.65. The molecule has 60 valence electrons. The minimum atomic E-state index is -0.540. The number of rotatable bonds is 1. The van der Waals surface area contributed by atoms with Crippen molar-refractivity contribution in [3.05, 3.63) is 33.8 Å². The summed E-state index contributed by atoms with van der Waals surface area (Å²) in [5.74, 6) is -1.08. The van der Waals surface area contributed by atoms with Crippen molar-refractivity contribution >= 4 is 15.9 Å². The molecule has 0 fully saturated rings. The van der Waals surface area contributed by atoms with Crippen LogP contribution < -0.4 is 0 Å². The molecule has 0 heterocycles. The molecule has 11 heavy (non-hydrogen) atoms. The molecule has 0 nitrogen and oxygen atoms in total. The lowest BCUT2D eigenvalue weighted by molar-refractivity contribution is 0.568. The number of halogens is 3. The van der Waals surface area contributed by atoms with Gasteiger partial charge in [-0.25, -0.2) is 8.78 Å². The van der Waals surface area contributed by atoms with E-state index in [2.05, 4.69) is 15.9 Å². The molecule has 0 atom stereocenters. The Morgan fingerprint density at radius 3 is 2.09 bits per heavy atom. The topological polar surface area (TPSA) is 0 Å². The predicted molar refractivity (Wildman–Crippen MR) is 43.4 cm³/mol. The zero-order valence-corrected chi connectivity index (χ0v) is 7.58. The van der Waals surface area contributed by atoms with Crippen LogP contribution in [0.2, 0.25) is 0 Å². The van der Waals surface area contributed by atoms with Crippen molar-refractivity contribution in [1.82, 2.24) is 0 Å². The largest absolute Gasteiger partial charge is 0.206 e. The van der Waals surface area contributed by atoms with Gasteiger partial charge in [0, 0.05) is 0 Å². The Morgan fingerprint density at radius 1 is 1.27 bits per heavy atom. The van der Waals surface area contributed by atoms with Gasteiger partial charge in [0.25, 0.3) is 0 Å². The highest BCUT2D eigenvalue weighted by Gasteiger charge is 2.06. The summed E-state index contributed by atoms with van der Waals surface area (Å²) >= 11 is 2.79. The zero-order chi connectivity index (χ0) is 8.43. The molecule has 0 amide bonds. The van der Waals surface area contributed by atoms with Gasteiger partial charge in [0.1, 0.15) is 11.6 Å². The van der Waals surface area contributed by atoms with Crippen LogP contribution in [0.25, 0.3) is 0 Å². The van der Waals surface area contributed by atoms with Gasteiger partial charge in [-0.05, 0) is 40.0 Å². The Morgan fingerprint density at radius 2 is 1.73 bits per heavy atom. The fourth-order valence-corrected chi connectivity index (χ4v) is 1.04. The Hall–Kier alpha value is -0.440. The first-order valence-electron chi connectivity index (χ1n) is 3.28. The summed E-state index contributed by atoms with van der Waals surface area (Å²) in [7, 11) is 0. The zero-order valence-electron chi connectivity index (χ0n) is 6.00. The molecule has 0 N–H and O–H groups in total. The van der Waals surface area contributed by atoms with Gasteiger partial charge in [0.2, 0.25) is 0 Å². The third-order valence-electron chi connectivity index (χ3n) is 1.45. The average Bonchev–Trinajstić information content (AvgIpc) is 1.99. The van der Waals surface area contributed by atoms with E-state index in [1.807, 2.05) is 6.92 Å². The highest BCUT2D eigenvalue weighted by molar-refractivity contribution is 9.10. The highest BCUT2D eigenvalue weighted by atomic mass is 79.9. The molecule has 0 unspecified atom stereocenters. The van der Waals surface area contributed by atoms with E-state index in [0.29, 0.717) is 12.0 Å². The fraction of sp³-hybridized carbons (Fsp3) is 0.250. The molecule has 3 heteroatoms. The summed E-state index contributed by atoms with van der Waals surface area (Å²) in [6, 6.07) is 2.65. The standard InChI is InChI=1S/C8H7BrF2/c1-2-5-3-6(10)8(9)7(11)4-5/h3-4H,2H2,1H3. The summed E-state index contributed by atoms with van der Waals surface area (Å²) < 4.78 is 25.4. The van der Waals surface area contributed by atoms with Crippen molar-refractivity contribution in [2.24, 2.45) is 0 Å². The molecular weight excluding hydrogens is 214 g/mol. The molecule has 1 aromatic carbocycles. The molecule has 0 saturated carbocycles. The highest BCUT2D eigenvalue weighted by Crippen LogP contribution is 2.21. The lowest BCUT2D eigenvalue weighted by Crippen LogP contribution is -1.88. The molecule has 0 radical (unpaired) electrons. The summed E-state index contributed by atoms with van der Waals surface area (Å²) in [6.07, 6.45) is 0.640. The van der Waals surface area contributed by atoms with E-state index in [0.717, 1.165) is 0 Å². The first-order valence-corrected chi connectivity index (χ1v) is 4.08. The van der Waals surface area contributed by atoms with Crippen molar-refractivity contribution in [2.75, 3.05) is 0 Å². The van der Waals surface area contributed by atoms with E-state index in [9.17, 15) is 8.78 Å². The van der Waals surface area contributed by atoms with Crippen LogP contribution in [0.3, 0.4) is 0 Å². The van der Waals surface area contributed by atoms with E-state index >= 15 is 0 Å². The molecule has 0 saturated heterocycles. The second kappa shape index (κ2) is 3.30. The van der Waals surface area contributed by atoms with Crippen LogP contribution in [0.4, 0.5) is 8.78 Å². The molecule has 0 bridgehead atoms. The summed E-state index contributed by atoms with van der Waals surface area (Å²) in [4.78, 5) is 0. The van der Waals surface area contributed by atoms with E-state index in [4.69, 9.17) is 0 Å². The molecular formula is C8H7BrF2. The monoisotopic (exact) mass is 220 g/mol. The number of hydrogen-bond donors (Lipinski definition) is 0. The van der Waals surface area contributed by atoms with Crippen LogP contribution in [-0.4, -0.2) is 0 Å². The summed E-state index contributed by atoms with van der Waals surface area (Å²) in [5, 5.41) is 0. The van der Waals surface area contributed by atoms with Crippen molar-refractivity contribution in [3.63, 3.8) is 0 Å². The normalized spacial score (nSPS) is 10.2. The summed E-state index contributed by atoms with van der Waals surface area (Å²) in [5.41, 5.74) is 0.670. The smallest absolute Gasteiger partial charge is 0.140 e. The maximum Gasteiger partial charge on any atom is 0.140 e. The van der Waals surface area contributed by atoms with E-state index in [1.54, 1.807) is 0 Å². The van der Waals surface area contributed by atoms with Gasteiger partial charge in [-0.2, -0.15) is 0 Å². The van der Waals surface area contributed by atoms with Gasteiger partial charge in [0.15, 0.2) is 0 Å². The second-order valence-electron chi connectivity index (χ2n) is 2.23. The van der Waals surface area contributed by atoms with Gasteiger partial charge in [-0.15, -0.1) is 0 Å². The van der Waals surface area contributed by atoms with Crippen LogP contribution in [0, 0.1) is 11.6 Å². The van der Waals surface area contributed by atoms with Gasteiger partial charge in [0.05, 0.1) is 4.47 Å². The lowest BCUT2D eigenvalue weighted by Gasteiger charge is -1.99. The van der Waals surface area contributed by atoms with Gasteiger partial charge in [-0.3, -0.25) is 0 Å². The van der Waals surface area contributed by atoms with Crippen molar-refractivity contribution in [1.29, 1.82) is 0 Å². The Labute approximate surface area is 72.4 Å². The number of aryl methyl sites for hydroxylation is 1. The maximum atomic E-state index is 12.7. The van der Waals surface area contributed by atoms with Crippen LogP contribution in [0.1, 0.15) is 12.5 Å². The summed E-state index contributed by atoms with van der Waals surface area (Å²) in [6.45, 7) is 1.85. The molecule has 1 rings (SSSR count). The van der Waals surface area contributed by atoms with Crippen LogP contribution in [-0.2, 0) is 6.42 Å². The molecule has 0 aromatic heterocycles. The van der Waals surface area contributed by atoms with E-state index in [1.165, 1.54) is 12.1 Å². The van der Waals surface area contributed by atoms with E-state index in [-0.39, 0.29) is 4.47 Å². The Kier molecular flexibility index (Phi) is 2.60. The first-order chi connectivity index (χ1) is 5.15. The lowest BCUT2D eigenvalue weighted by atomic mass is 10.2. The Bertz CT molecular complexity index is 248. The van der Waals surface area contributed by atoms with Crippen LogP contribution in [0.5, 0.6) is 0 Å². The molecule has 0 aliphatic carbocycles. The Balaban J connectivity index is 3.21. The maximum absolute atomic E-state index is 12.7. The third-order valence-corrected chi connectivity index (χ3v) is 2.21.